The first-order chi connectivity index (χ1) is 9.76. The molecule has 0 saturated carbocycles. The van der Waals surface area contributed by atoms with Gasteiger partial charge in [0.1, 0.15) is 0 Å². The molecule has 2 aromatic heterocycles. The molecule has 3 rings (SSSR count). The van der Waals surface area contributed by atoms with Crippen LogP contribution >= 0.6 is 0 Å². The number of nitrogens with one attached hydrogen (secondary N) is 1. The van der Waals surface area contributed by atoms with Crippen molar-refractivity contribution in [1.82, 2.24) is 14.4 Å². The van der Waals surface area contributed by atoms with Gasteiger partial charge >= 0.3 is 0 Å². The molecule has 3 aromatic rings. The highest BCUT2D eigenvalue weighted by Crippen LogP contribution is 2.16. The quantitative estimate of drug-likeness (QED) is 0.791. The van der Waals surface area contributed by atoms with Crippen molar-refractivity contribution < 1.29 is 0 Å². The van der Waals surface area contributed by atoms with Crippen LogP contribution < -0.4 is 5.56 Å². The first kappa shape index (κ1) is 12.9. The first-order valence-corrected chi connectivity index (χ1v) is 7.27. The van der Waals surface area contributed by atoms with E-state index < -0.39 is 0 Å². The van der Waals surface area contributed by atoms with E-state index in [0.29, 0.717) is 5.78 Å². The number of imidazole rings is 1. The molecule has 0 aliphatic rings. The Hall–Kier alpha value is -2.10. The normalized spacial score (nSPS) is 11.5. The number of nitrogens with zero attached hydrogens (tertiary/aromatic N) is 2. The van der Waals surface area contributed by atoms with Crippen LogP contribution in [-0.4, -0.2) is 14.4 Å². The smallest absolute Gasteiger partial charge is 0.263 e. The van der Waals surface area contributed by atoms with Crippen molar-refractivity contribution in [2.24, 2.45) is 0 Å². The number of hydrogen-bond donors (Lipinski definition) is 1. The molecule has 2 heterocycles. The Balaban J connectivity index is 2.39. The molecular formula is C16H19N3O. The van der Waals surface area contributed by atoms with Gasteiger partial charge in [-0.05, 0) is 25.0 Å². The molecule has 0 amide bonds. The molecule has 1 N–H and O–H groups in total. The van der Waals surface area contributed by atoms with Gasteiger partial charge in [-0.3, -0.25) is 4.79 Å². The van der Waals surface area contributed by atoms with Gasteiger partial charge in [-0.2, -0.15) is 0 Å². The zero-order chi connectivity index (χ0) is 14.1. The highest BCUT2D eigenvalue weighted by atomic mass is 16.1. The summed E-state index contributed by atoms with van der Waals surface area (Å²) in [5.74, 6) is 0.652. The number of aromatic nitrogens is 3. The van der Waals surface area contributed by atoms with Crippen molar-refractivity contribution in [2.45, 2.75) is 39.5 Å². The molecule has 0 unspecified atom stereocenters. The maximum absolute atomic E-state index is 12.8. The summed E-state index contributed by atoms with van der Waals surface area (Å²) in [6.07, 6.45) is 3.61. The van der Waals surface area contributed by atoms with Crippen molar-refractivity contribution in [2.75, 3.05) is 0 Å². The highest BCUT2D eigenvalue weighted by molar-refractivity contribution is 5.79. The number of fused-ring (bicyclic) bond motifs is 3. The molecule has 4 heteroatoms. The second-order valence-electron chi connectivity index (χ2n) is 5.14. The van der Waals surface area contributed by atoms with E-state index in [9.17, 15) is 4.79 Å². The number of benzene rings is 1. The van der Waals surface area contributed by atoms with Crippen molar-refractivity contribution in [3.05, 3.63) is 45.9 Å². The zero-order valence-corrected chi connectivity index (χ0v) is 11.9. The Morgan fingerprint density at radius 1 is 1.15 bits per heavy atom. The fourth-order valence-corrected chi connectivity index (χ4v) is 2.75. The van der Waals surface area contributed by atoms with Crippen LogP contribution in [0.25, 0.3) is 16.8 Å². The van der Waals surface area contributed by atoms with Crippen LogP contribution in [0.3, 0.4) is 0 Å². The molecule has 104 valence electrons. The Labute approximate surface area is 117 Å². The molecule has 0 atom stereocenters. The largest absolute Gasteiger partial charge is 0.323 e. The van der Waals surface area contributed by atoms with Gasteiger partial charge in [0.25, 0.3) is 5.56 Å². The third kappa shape index (κ3) is 1.92. The average molecular weight is 269 g/mol. The third-order valence-electron chi connectivity index (χ3n) is 3.64. The standard InChI is InChI=1S/C16H19N3O/c1-3-7-11-12(8-4-2)17-16-18-13-9-5-6-10-14(13)19(16)15(11)20/h5-6,9-10H,3-4,7-8H2,1-2H3,(H,17,18). The Bertz CT molecular complexity index is 814. The molecule has 4 nitrogen and oxygen atoms in total. The van der Waals surface area contributed by atoms with Crippen LogP contribution in [0.15, 0.2) is 29.1 Å². The molecule has 20 heavy (non-hydrogen) atoms. The molecule has 0 fully saturated rings. The van der Waals surface area contributed by atoms with Crippen molar-refractivity contribution in [3.63, 3.8) is 0 Å². The van der Waals surface area contributed by atoms with Gasteiger partial charge in [-0.1, -0.05) is 38.8 Å². The summed E-state index contributed by atoms with van der Waals surface area (Å²) in [7, 11) is 0. The van der Waals surface area contributed by atoms with Gasteiger partial charge in [0.15, 0.2) is 0 Å². The minimum absolute atomic E-state index is 0.0813. The van der Waals surface area contributed by atoms with Gasteiger partial charge in [0, 0.05) is 5.56 Å². The molecule has 0 radical (unpaired) electrons. The van der Waals surface area contributed by atoms with E-state index in [1.165, 1.54) is 0 Å². The van der Waals surface area contributed by atoms with Crippen LogP contribution in [0.4, 0.5) is 0 Å². The first-order valence-electron chi connectivity index (χ1n) is 7.27. The molecule has 0 aliphatic heterocycles. The van der Waals surface area contributed by atoms with Crippen LogP contribution in [0.2, 0.25) is 0 Å². The van der Waals surface area contributed by atoms with Crippen molar-refractivity contribution in [1.29, 1.82) is 0 Å². The van der Waals surface area contributed by atoms with Crippen molar-refractivity contribution >= 4 is 16.8 Å². The molecule has 0 bridgehead atoms. The predicted octanol–water partition coefficient (Wildman–Crippen LogP) is 3.08. The Kier molecular flexibility index (Phi) is 3.30. The predicted molar refractivity (Wildman–Crippen MR) is 81.3 cm³/mol. The number of hydrogen-bond acceptors (Lipinski definition) is 2. The second-order valence-corrected chi connectivity index (χ2v) is 5.14. The summed E-state index contributed by atoms with van der Waals surface area (Å²) in [6, 6.07) is 7.84. The molecule has 0 aliphatic carbocycles. The van der Waals surface area contributed by atoms with E-state index in [0.717, 1.165) is 48.0 Å². The average Bonchev–Trinajstić information content (AvgIpc) is 2.81. The van der Waals surface area contributed by atoms with E-state index in [-0.39, 0.29) is 5.56 Å². The Morgan fingerprint density at radius 2 is 1.90 bits per heavy atom. The summed E-state index contributed by atoms with van der Waals surface area (Å²) in [5.41, 5.74) is 3.76. The lowest BCUT2D eigenvalue weighted by atomic mass is 10.1. The number of aryl methyl sites for hydroxylation is 1. The van der Waals surface area contributed by atoms with E-state index in [2.05, 4.69) is 23.8 Å². The van der Waals surface area contributed by atoms with Gasteiger partial charge < -0.3 is 4.98 Å². The lowest BCUT2D eigenvalue weighted by molar-refractivity contribution is 0.804. The van der Waals surface area contributed by atoms with E-state index in [1.54, 1.807) is 4.40 Å². The summed E-state index contributed by atoms with van der Waals surface area (Å²) >= 11 is 0. The van der Waals surface area contributed by atoms with Crippen LogP contribution in [0.5, 0.6) is 0 Å². The summed E-state index contributed by atoms with van der Waals surface area (Å²) < 4.78 is 1.71. The topological polar surface area (TPSA) is 50.2 Å². The SMILES string of the molecule is CCCc1nc2[nH]c3ccccc3n2c(=O)c1CCC. The van der Waals surface area contributed by atoms with Gasteiger partial charge in [-0.15, -0.1) is 0 Å². The fraction of sp³-hybridized carbons (Fsp3) is 0.375. The molecular weight excluding hydrogens is 250 g/mol. The van der Waals surface area contributed by atoms with Gasteiger partial charge in [-0.25, -0.2) is 9.38 Å². The van der Waals surface area contributed by atoms with E-state index in [4.69, 9.17) is 0 Å². The number of para-hydroxylation sites is 2. The minimum atomic E-state index is 0.0813. The highest BCUT2D eigenvalue weighted by Gasteiger charge is 2.14. The second kappa shape index (κ2) is 5.12. The summed E-state index contributed by atoms with van der Waals surface area (Å²) in [5, 5.41) is 0. The fourth-order valence-electron chi connectivity index (χ4n) is 2.75. The summed E-state index contributed by atoms with van der Waals surface area (Å²) in [6.45, 7) is 4.21. The molecule has 0 saturated heterocycles. The maximum atomic E-state index is 12.8. The summed E-state index contributed by atoms with van der Waals surface area (Å²) in [4.78, 5) is 20.7. The lowest BCUT2D eigenvalue weighted by Gasteiger charge is -2.07. The van der Waals surface area contributed by atoms with Gasteiger partial charge in [0.05, 0.1) is 16.7 Å². The number of H-pyrrole nitrogens is 1. The Morgan fingerprint density at radius 3 is 2.65 bits per heavy atom. The zero-order valence-electron chi connectivity index (χ0n) is 11.9. The van der Waals surface area contributed by atoms with Gasteiger partial charge in [0.2, 0.25) is 5.78 Å². The van der Waals surface area contributed by atoms with E-state index >= 15 is 0 Å². The maximum Gasteiger partial charge on any atom is 0.263 e. The molecule has 0 spiro atoms. The minimum Gasteiger partial charge on any atom is -0.323 e. The number of aromatic amines is 1. The van der Waals surface area contributed by atoms with Crippen molar-refractivity contribution in [3.8, 4) is 0 Å². The van der Waals surface area contributed by atoms with Crippen LogP contribution in [0, 0.1) is 0 Å². The lowest BCUT2D eigenvalue weighted by Crippen LogP contribution is -2.22. The monoisotopic (exact) mass is 269 g/mol. The molecule has 1 aromatic carbocycles. The third-order valence-corrected chi connectivity index (χ3v) is 3.64. The van der Waals surface area contributed by atoms with E-state index in [1.807, 2.05) is 24.3 Å². The van der Waals surface area contributed by atoms with Crippen LogP contribution in [-0.2, 0) is 12.8 Å². The van der Waals surface area contributed by atoms with Crippen LogP contribution in [0.1, 0.15) is 37.9 Å². The number of rotatable bonds is 4.